The van der Waals surface area contributed by atoms with Gasteiger partial charge in [0.05, 0.1) is 19.9 Å². The third-order valence-electron chi connectivity index (χ3n) is 4.14. The van der Waals surface area contributed by atoms with Crippen molar-refractivity contribution in [2.75, 3.05) is 20.8 Å². The average Bonchev–Trinajstić information content (AvgIpc) is 2.47. The molecule has 20 heavy (non-hydrogen) atoms. The molecule has 1 aliphatic carbocycles. The van der Waals surface area contributed by atoms with Crippen molar-refractivity contribution in [3.63, 3.8) is 0 Å². The van der Waals surface area contributed by atoms with Gasteiger partial charge in [0.1, 0.15) is 0 Å². The van der Waals surface area contributed by atoms with Crippen LogP contribution in [0.25, 0.3) is 0 Å². The molecule has 0 amide bonds. The number of hydrogen-bond acceptors (Lipinski definition) is 4. The normalized spacial score (nSPS) is 22.6. The molecule has 1 saturated carbocycles. The van der Waals surface area contributed by atoms with Crippen molar-refractivity contribution in [2.24, 2.45) is 11.8 Å². The van der Waals surface area contributed by atoms with Crippen molar-refractivity contribution in [1.82, 2.24) is 10.3 Å². The molecule has 1 aliphatic rings. The molecular weight excluding hydrogens is 252 g/mol. The largest absolute Gasteiger partial charge is 0.493 e. The molecule has 0 spiro atoms. The summed E-state index contributed by atoms with van der Waals surface area (Å²) in [6.45, 7) is 4.15. The summed E-state index contributed by atoms with van der Waals surface area (Å²) in [6, 6.07) is 1.82. The van der Waals surface area contributed by atoms with Gasteiger partial charge in [-0.15, -0.1) is 0 Å². The summed E-state index contributed by atoms with van der Waals surface area (Å²) in [4.78, 5) is 4.39. The van der Waals surface area contributed by atoms with Crippen LogP contribution in [0.2, 0.25) is 0 Å². The van der Waals surface area contributed by atoms with Gasteiger partial charge < -0.3 is 14.8 Å². The number of nitrogens with zero attached hydrogens (tertiary/aromatic N) is 1. The lowest BCUT2D eigenvalue weighted by Gasteiger charge is -2.26. The molecule has 2 atom stereocenters. The van der Waals surface area contributed by atoms with Gasteiger partial charge >= 0.3 is 0 Å². The van der Waals surface area contributed by atoms with Gasteiger partial charge in [-0.1, -0.05) is 19.8 Å². The summed E-state index contributed by atoms with van der Waals surface area (Å²) >= 11 is 0. The van der Waals surface area contributed by atoms with Crippen LogP contribution in [-0.4, -0.2) is 25.7 Å². The zero-order valence-electron chi connectivity index (χ0n) is 12.8. The predicted octanol–water partition coefficient (Wildman–Crippen LogP) is 3.01. The van der Waals surface area contributed by atoms with E-state index in [4.69, 9.17) is 9.47 Å². The first-order valence-corrected chi connectivity index (χ1v) is 7.51. The number of ether oxygens (including phenoxy) is 2. The number of rotatable bonds is 6. The van der Waals surface area contributed by atoms with Gasteiger partial charge in [0.2, 0.25) is 0 Å². The number of nitrogens with one attached hydrogen (secondary N) is 1. The van der Waals surface area contributed by atoms with E-state index in [0.29, 0.717) is 0 Å². The van der Waals surface area contributed by atoms with E-state index in [9.17, 15) is 0 Å². The first-order chi connectivity index (χ1) is 9.74. The zero-order chi connectivity index (χ0) is 14.4. The fourth-order valence-corrected chi connectivity index (χ4v) is 3.12. The predicted molar refractivity (Wildman–Crippen MR) is 80.2 cm³/mol. The maximum absolute atomic E-state index is 5.40. The molecule has 2 rings (SSSR count). The Hall–Kier alpha value is -1.29. The minimum atomic E-state index is 0.727. The summed E-state index contributed by atoms with van der Waals surface area (Å²) < 4.78 is 10.7. The van der Waals surface area contributed by atoms with Gasteiger partial charge in [-0.25, -0.2) is 0 Å². The van der Waals surface area contributed by atoms with E-state index in [-0.39, 0.29) is 0 Å². The van der Waals surface area contributed by atoms with E-state index in [1.165, 1.54) is 25.7 Å². The minimum Gasteiger partial charge on any atom is -0.493 e. The molecule has 4 nitrogen and oxygen atoms in total. The van der Waals surface area contributed by atoms with Crippen molar-refractivity contribution in [1.29, 1.82) is 0 Å². The molecule has 0 saturated heterocycles. The molecule has 4 heteroatoms. The molecule has 1 N–H and O–H groups in total. The molecule has 1 aromatic rings. The molecule has 1 aromatic heterocycles. The monoisotopic (exact) mass is 278 g/mol. The van der Waals surface area contributed by atoms with Gasteiger partial charge in [-0.2, -0.15) is 0 Å². The second kappa shape index (κ2) is 7.48. The van der Waals surface area contributed by atoms with E-state index in [0.717, 1.165) is 42.1 Å². The highest BCUT2D eigenvalue weighted by Gasteiger charge is 2.18. The SMILES string of the molecule is COc1ccnc(CNCC2CCCC(C)C2)c1OC. The summed E-state index contributed by atoms with van der Waals surface area (Å²) in [5.74, 6) is 3.15. The minimum absolute atomic E-state index is 0.727. The number of aromatic nitrogens is 1. The van der Waals surface area contributed by atoms with Crippen molar-refractivity contribution in [3.8, 4) is 11.5 Å². The van der Waals surface area contributed by atoms with E-state index >= 15 is 0 Å². The lowest BCUT2D eigenvalue weighted by atomic mass is 9.82. The maximum Gasteiger partial charge on any atom is 0.183 e. The Kier molecular flexibility index (Phi) is 5.65. The van der Waals surface area contributed by atoms with Crippen LogP contribution in [0.1, 0.15) is 38.3 Å². The second-order valence-corrected chi connectivity index (χ2v) is 5.76. The topological polar surface area (TPSA) is 43.4 Å². The second-order valence-electron chi connectivity index (χ2n) is 5.76. The highest BCUT2D eigenvalue weighted by molar-refractivity contribution is 5.42. The van der Waals surface area contributed by atoms with Gasteiger partial charge in [0, 0.05) is 18.8 Å². The first-order valence-electron chi connectivity index (χ1n) is 7.51. The van der Waals surface area contributed by atoms with Gasteiger partial charge in [0.15, 0.2) is 11.5 Å². The van der Waals surface area contributed by atoms with Crippen LogP contribution in [0.3, 0.4) is 0 Å². The molecule has 112 valence electrons. The Morgan fingerprint density at radius 1 is 1.30 bits per heavy atom. The number of pyridine rings is 1. The van der Waals surface area contributed by atoms with Crippen LogP contribution < -0.4 is 14.8 Å². The van der Waals surface area contributed by atoms with Crippen LogP contribution in [0.4, 0.5) is 0 Å². The van der Waals surface area contributed by atoms with E-state index in [1.807, 2.05) is 6.07 Å². The average molecular weight is 278 g/mol. The molecule has 1 heterocycles. The van der Waals surface area contributed by atoms with Gasteiger partial charge in [0.25, 0.3) is 0 Å². The molecule has 2 unspecified atom stereocenters. The standard InChI is InChI=1S/C16H26N2O2/c1-12-5-4-6-13(9-12)10-17-11-14-16(20-3)15(19-2)7-8-18-14/h7-8,12-13,17H,4-6,9-11H2,1-3H3. The summed E-state index contributed by atoms with van der Waals surface area (Å²) in [7, 11) is 3.31. The van der Waals surface area contributed by atoms with E-state index in [1.54, 1.807) is 20.4 Å². The van der Waals surface area contributed by atoms with Crippen LogP contribution in [0.5, 0.6) is 11.5 Å². The van der Waals surface area contributed by atoms with Gasteiger partial charge in [-0.05, 0) is 31.2 Å². The maximum atomic E-state index is 5.40. The highest BCUT2D eigenvalue weighted by Crippen LogP contribution is 2.30. The number of hydrogen-bond donors (Lipinski definition) is 1. The number of methoxy groups -OCH3 is 2. The Bertz CT molecular complexity index is 423. The Labute approximate surface area is 121 Å². The summed E-state index contributed by atoms with van der Waals surface area (Å²) in [5.41, 5.74) is 0.913. The highest BCUT2D eigenvalue weighted by atomic mass is 16.5. The van der Waals surface area contributed by atoms with Crippen LogP contribution >= 0.6 is 0 Å². The van der Waals surface area contributed by atoms with E-state index < -0.39 is 0 Å². The molecule has 0 bridgehead atoms. The Balaban J connectivity index is 1.87. The van der Waals surface area contributed by atoms with Crippen LogP contribution in [0, 0.1) is 11.8 Å². The van der Waals surface area contributed by atoms with Crippen LogP contribution in [-0.2, 0) is 6.54 Å². The zero-order valence-corrected chi connectivity index (χ0v) is 12.8. The first kappa shape index (κ1) is 15.1. The molecular formula is C16H26N2O2. The Morgan fingerprint density at radius 3 is 2.85 bits per heavy atom. The smallest absolute Gasteiger partial charge is 0.183 e. The summed E-state index contributed by atoms with van der Waals surface area (Å²) in [5, 5.41) is 3.52. The van der Waals surface area contributed by atoms with Gasteiger partial charge in [-0.3, -0.25) is 4.98 Å². The van der Waals surface area contributed by atoms with Crippen LogP contribution in [0.15, 0.2) is 12.3 Å². The quantitative estimate of drug-likeness (QED) is 0.868. The fourth-order valence-electron chi connectivity index (χ4n) is 3.12. The fraction of sp³-hybridized carbons (Fsp3) is 0.688. The van der Waals surface area contributed by atoms with E-state index in [2.05, 4.69) is 17.2 Å². The Morgan fingerprint density at radius 2 is 2.15 bits per heavy atom. The third-order valence-corrected chi connectivity index (χ3v) is 4.14. The molecule has 0 radical (unpaired) electrons. The molecule has 1 fully saturated rings. The lowest BCUT2D eigenvalue weighted by molar-refractivity contribution is 0.273. The lowest BCUT2D eigenvalue weighted by Crippen LogP contribution is -2.26. The van der Waals surface area contributed by atoms with Crippen molar-refractivity contribution >= 4 is 0 Å². The van der Waals surface area contributed by atoms with Crippen molar-refractivity contribution < 1.29 is 9.47 Å². The molecule has 0 aromatic carbocycles. The summed E-state index contributed by atoms with van der Waals surface area (Å²) in [6.07, 6.45) is 7.22. The van der Waals surface area contributed by atoms with Crippen molar-refractivity contribution in [3.05, 3.63) is 18.0 Å². The third kappa shape index (κ3) is 3.85. The van der Waals surface area contributed by atoms with Crippen molar-refractivity contribution in [2.45, 2.75) is 39.2 Å². The molecule has 0 aliphatic heterocycles.